The highest BCUT2D eigenvalue weighted by Crippen LogP contribution is 2.25. The Morgan fingerprint density at radius 2 is 1.79 bits per heavy atom. The third-order valence-electron chi connectivity index (χ3n) is 3.62. The minimum absolute atomic E-state index is 0.0482. The van der Waals surface area contributed by atoms with Crippen molar-refractivity contribution in [2.24, 2.45) is 0 Å². The summed E-state index contributed by atoms with van der Waals surface area (Å²) in [5.41, 5.74) is 3.11. The first-order valence-corrected chi connectivity index (χ1v) is 8.84. The zero-order chi connectivity index (χ0) is 16.9. The predicted octanol–water partition coefficient (Wildman–Crippen LogP) is 4.88. The van der Waals surface area contributed by atoms with E-state index in [1.54, 1.807) is 0 Å². The van der Waals surface area contributed by atoms with Gasteiger partial charge in [-0.3, -0.25) is 4.79 Å². The van der Waals surface area contributed by atoms with Crippen LogP contribution in [0.25, 0.3) is 0 Å². The summed E-state index contributed by atoms with van der Waals surface area (Å²) in [6, 6.07) is 17.5. The van der Waals surface area contributed by atoms with Crippen LogP contribution in [0.3, 0.4) is 0 Å². The van der Waals surface area contributed by atoms with E-state index < -0.39 is 0 Å². The van der Waals surface area contributed by atoms with Crippen LogP contribution in [0.1, 0.15) is 21.7 Å². The average molecular weight is 357 g/mol. The third-order valence-corrected chi connectivity index (χ3v) is 4.95. The van der Waals surface area contributed by atoms with E-state index >= 15 is 0 Å². The van der Waals surface area contributed by atoms with Gasteiger partial charge >= 0.3 is 0 Å². The van der Waals surface area contributed by atoms with Gasteiger partial charge in [-0.25, -0.2) is 4.98 Å². The van der Waals surface area contributed by atoms with Gasteiger partial charge in [0.2, 0.25) is 5.91 Å². The second kappa shape index (κ2) is 7.60. The minimum Gasteiger partial charge on any atom is -0.302 e. The highest BCUT2D eigenvalue weighted by Gasteiger charge is 2.11. The summed E-state index contributed by atoms with van der Waals surface area (Å²) in [7, 11) is 0. The zero-order valence-electron chi connectivity index (χ0n) is 13.3. The van der Waals surface area contributed by atoms with Gasteiger partial charge in [-0.2, -0.15) is 0 Å². The van der Waals surface area contributed by atoms with Crippen molar-refractivity contribution in [2.75, 3.05) is 5.32 Å². The second-order valence-electron chi connectivity index (χ2n) is 5.54. The Morgan fingerprint density at radius 1 is 1.08 bits per heavy atom. The largest absolute Gasteiger partial charge is 0.302 e. The molecule has 1 N–H and O–H groups in total. The number of halogens is 1. The van der Waals surface area contributed by atoms with Gasteiger partial charge < -0.3 is 5.32 Å². The fraction of sp³-hybridized carbons (Fsp3) is 0.158. The van der Waals surface area contributed by atoms with Crippen molar-refractivity contribution in [1.29, 1.82) is 0 Å². The van der Waals surface area contributed by atoms with E-state index in [2.05, 4.69) is 10.3 Å². The van der Waals surface area contributed by atoms with E-state index in [4.69, 9.17) is 11.6 Å². The van der Waals surface area contributed by atoms with Crippen LogP contribution in [0, 0.1) is 6.92 Å². The van der Waals surface area contributed by atoms with Crippen LogP contribution in [0.2, 0.25) is 5.02 Å². The number of hydrogen-bond donors (Lipinski definition) is 1. The molecule has 0 spiro atoms. The summed E-state index contributed by atoms with van der Waals surface area (Å²) in [6.07, 6.45) is 1.14. The van der Waals surface area contributed by atoms with Crippen molar-refractivity contribution in [3.63, 3.8) is 0 Å². The number of hydrogen-bond acceptors (Lipinski definition) is 3. The molecule has 0 aliphatic rings. The average Bonchev–Trinajstić information content (AvgIpc) is 2.89. The molecule has 3 rings (SSSR count). The molecule has 5 heteroatoms. The Labute approximate surface area is 150 Å². The maximum Gasteiger partial charge on any atom is 0.230 e. The molecule has 0 radical (unpaired) electrons. The molecule has 0 aliphatic heterocycles. The van der Waals surface area contributed by atoms with Crippen molar-refractivity contribution < 1.29 is 4.79 Å². The number of anilines is 1. The molecule has 3 aromatic rings. The molecule has 122 valence electrons. The molecule has 24 heavy (non-hydrogen) atoms. The third kappa shape index (κ3) is 4.43. The fourth-order valence-electron chi connectivity index (χ4n) is 2.38. The van der Waals surface area contributed by atoms with Crippen LogP contribution >= 0.6 is 22.9 Å². The topological polar surface area (TPSA) is 42.0 Å². The number of benzene rings is 2. The fourth-order valence-corrected chi connectivity index (χ4v) is 3.52. The van der Waals surface area contributed by atoms with E-state index in [-0.39, 0.29) is 5.91 Å². The predicted molar refractivity (Wildman–Crippen MR) is 99.9 cm³/mol. The number of rotatable bonds is 5. The minimum atomic E-state index is -0.0482. The quantitative estimate of drug-likeness (QED) is 0.708. The van der Waals surface area contributed by atoms with Crippen molar-refractivity contribution in [1.82, 2.24) is 4.98 Å². The normalized spacial score (nSPS) is 10.6. The van der Waals surface area contributed by atoms with Gasteiger partial charge in [0.1, 0.15) is 0 Å². The number of carbonyl (C=O) groups excluding carboxylic acids is 1. The van der Waals surface area contributed by atoms with Crippen molar-refractivity contribution in [3.8, 4) is 0 Å². The summed E-state index contributed by atoms with van der Waals surface area (Å²) in [5.74, 6) is -0.0482. The lowest BCUT2D eigenvalue weighted by atomic mass is 10.1. The Kier molecular flexibility index (Phi) is 5.28. The lowest BCUT2D eigenvalue weighted by Gasteiger charge is -2.01. The van der Waals surface area contributed by atoms with Gasteiger partial charge in [0, 0.05) is 16.3 Å². The number of thiazole rings is 1. The molecular weight excluding hydrogens is 340 g/mol. The SMILES string of the molecule is Cc1nc(NC(=O)Cc2ccccc2)sc1Cc1ccc(Cl)cc1. The van der Waals surface area contributed by atoms with Crippen LogP contribution in [-0.2, 0) is 17.6 Å². The summed E-state index contributed by atoms with van der Waals surface area (Å²) >= 11 is 7.44. The van der Waals surface area contributed by atoms with Gasteiger partial charge in [-0.15, -0.1) is 11.3 Å². The molecule has 0 saturated heterocycles. The lowest BCUT2D eigenvalue weighted by molar-refractivity contribution is -0.115. The molecule has 1 amide bonds. The first-order valence-electron chi connectivity index (χ1n) is 7.64. The van der Waals surface area contributed by atoms with Gasteiger partial charge in [0.25, 0.3) is 0 Å². The summed E-state index contributed by atoms with van der Waals surface area (Å²) < 4.78 is 0. The molecule has 0 fully saturated rings. The number of nitrogens with zero attached hydrogens (tertiary/aromatic N) is 1. The number of nitrogens with one attached hydrogen (secondary N) is 1. The van der Waals surface area contributed by atoms with Gasteiger partial charge in [0.15, 0.2) is 5.13 Å². The lowest BCUT2D eigenvalue weighted by Crippen LogP contribution is -2.14. The van der Waals surface area contributed by atoms with E-state index in [0.717, 1.165) is 27.6 Å². The van der Waals surface area contributed by atoms with Crippen LogP contribution in [0.5, 0.6) is 0 Å². The molecule has 0 atom stereocenters. The number of amides is 1. The van der Waals surface area contributed by atoms with Gasteiger partial charge in [-0.1, -0.05) is 54.1 Å². The molecule has 0 aliphatic carbocycles. The Morgan fingerprint density at radius 3 is 2.50 bits per heavy atom. The zero-order valence-corrected chi connectivity index (χ0v) is 14.8. The first kappa shape index (κ1) is 16.7. The van der Waals surface area contributed by atoms with E-state index in [9.17, 15) is 4.79 Å². The maximum absolute atomic E-state index is 12.1. The Balaban J connectivity index is 1.65. The summed E-state index contributed by atoms with van der Waals surface area (Å²) in [6.45, 7) is 1.97. The van der Waals surface area contributed by atoms with Crippen molar-refractivity contribution in [2.45, 2.75) is 19.8 Å². The standard InChI is InChI=1S/C19H17ClN2OS/c1-13-17(11-15-7-9-16(20)10-8-15)24-19(21-13)22-18(23)12-14-5-3-2-4-6-14/h2-10H,11-12H2,1H3,(H,21,22,23). The van der Waals surface area contributed by atoms with Gasteiger partial charge in [0.05, 0.1) is 12.1 Å². The van der Waals surface area contributed by atoms with Crippen molar-refractivity contribution in [3.05, 3.63) is 81.3 Å². The highest BCUT2D eigenvalue weighted by molar-refractivity contribution is 7.15. The van der Waals surface area contributed by atoms with E-state index in [1.807, 2.05) is 61.5 Å². The van der Waals surface area contributed by atoms with Crippen LogP contribution in [0.15, 0.2) is 54.6 Å². The smallest absolute Gasteiger partial charge is 0.230 e. The molecule has 1 aromatic heterocycles. The second-order valence-corrected chi connectivity index (χ2v) is 7.06. The Bertz CT molecular complexity index is 828. The summed E-state index contributed by atoms with van der Waals surface area (Å²) in [4.78, 5) is 17.8. The number of carbonyl (C=O) groups is 1. The van der Waals surface area contributed by atoms with Crippen LogP contribution < -0.4 is 5.32 Å². The first-order chi connectivity index (χ1) is 11.6. The number of aryl methyl sites for hydroxylation is 1. The molecule has 0 unspecified atom stereocenters. The molecule has 0 saturated carbocycles. The number of aromatic nitrogens is 1. The Hall–Kier alpha value is -2.17. The highest BCUT2D eigenvalue weighted by atomic mass is 35.5. The molecule has 2 aromatic carbocycles. The monoisotopic (exact) mass is 356 g/mol. The van der Waals surface area contributed by atoms with E-state index in [0.29, 0.717) is 11.6 Å². The van der Waals surface area contributed by atoms with Crippen LogP contribution in [-0.4, -0.2) is 10.9 Å². The molecule has 3 nitrogen and oxygen atoms in total. The van der Waals surface area contributed by atoms with Crippen LogP contribution in [0.4, 0.5) is 5.13 Å². The van der Waals surface area contributed by atoms with Crippen molar-refractivity contribution >= 4 is 34.0 Å². The maximum atomic E-state index is 12.1. The van der Waals surface area contributed by atoms with Gasteiger partial charge in [-0.05, 0) is 30.2 Å². The molecule has 1 heterocycles. The molecular formula is C19H17ClN2OS. The summed E-state index contributed by atoms with van der Waals surface area (Å²) in [5, 5.41) is 4.27. The van der Waals surface area contributed by atoms with E-state index in [1.165, 1.54) is 16.9 Å². The molecule has 0 bridgehead atoms.